The summed E-state index contributed by atoms with van der Waals surface area (Å²) in [6.45, 7) is 0.0331. The van der Waals surface area contributed by atoms with Gasteiger partial charge in [0.1, 0.15) is 25.4 Å². The van der Waals surface area contributed by atoms with Crippen LogP contribution >= 0.6 is 12.4 Å². The Hall–Kier alpha value is -0.800. The number of aliphatic hydroxyl groups is 4. The van der Waals surface area contributed by atoms with E-state index < -0.39 is 12.2 Å². The summed E-state index contributed by atoms with van der Waals surface area (Å²) in [5, 5.41) is 35.6. The van der Waals surface area contributed by atoms with Crippen molar-refractivity contribution in [2.75, 3.05) is 26.4 Å². The van der Waals surface area contributed by atoms with Gasteiger partial charge in [-0.15, -0.1) is 12.4 Å². The van der Waals surface area contributed by atoms with Crippen LogP contribution in [0.25, 0.3) is 0 Å². The number of H-pyrrole nitrogens is 1. The molecule has 8 heteroatoms. The quantitative estimate of drug-likeness (QED) is 0.424. The number of ether oxygens (including phenoxy) is 2. The van der Waals surface area contributed by atoms with Crippen LogP contribution in [-0.4, -0.2) is 59.1 Å². The smallest absolute Gasteiger partial charge is 0.205 e. The summed E-state index contributed by atoms with van der Waals surface area (Å²) >= 11 is 0. The molecule has 1 rings (SSSR count). The van der Waals surface area contributed by atoms with Gasteiger partial charge in [-0.2, -0.15) is 0 Å². The molecule has 1 aromatic rings. The van der Waals surface area contributed by atoms with Gasteiger partial charge >= 0.3 is 0 Å². The first kappa shape index (κ1) is 20.2. The van der Waals surface area contributed by atoms with Crippen molar-refractivity contribution in [2.45, 2.75) is 25.4 Å². The molecule has 0 fully saturated rings. The number of pyridine rings is 1. The van der Waals surface area contributed by atoms with Crippen LogP contribution in [0.5, 0.6) is 0 Å². The van der Waals surface area contributed by atoms with Crippen molar-refractivity contribution < 1.29 is 34.9 Å². The molecule has 0 aliphatic heterocycles. The highest BCUT2D eigenvalue weighted by atomic mass is 35.5. The highest BCUT2D eigenvalue weighted by Gasteiger charge is 2.09. The molecule has 0 amide bonds. The second kappa shape index (κ2) is 11.8. The minimum atomic E-state index is -0.874. The molecular weight excluding hydrogens is 302 g/mol. The van der Waals surface area contributed by atoms with Crippen LogP contribution in [0.1, 0.15) is 11.4 Å². The summed E-state index contributed by atoms with van der Waals surface area (Å²) in [5.74, 6) is 0. The van der Waals surface area contributed by atoms with Crippen LogP contribution in [0.2, 0.25) is 0 Å². The van der Waals surface area contributed by atoms with Gasteiger partial charge in [0, 0.05) is 12.1 Å². The SMILES string of the molecule is Cl.OCC(O)COCc1cccc(COCC(O)CO)[nH+]1. The summed E-state index contributed by atoms with van der Waals surface area (Å²) < 4.78 is 10.5. The zero-order valence-corrected chi connectivity index (χ0v) is 12.5. The fourth-order valence-corrected chi connectivity index (χ4v) is 1.45. The second-order valence-corrected chi connectivity index (χ2v) is 4.40. The van der Waals surface area contributed by atoms with Gasteiger partial charge in [0.15, 0.2) is 0 Å². The van der Waals surface area contributed by atoms with Gasteiger partial charge in [-0.25, -0.2) is 4.98 Å². The van der Waals surface area contributed by atoms with Crippen molar-refractivity contribution in [3.63, 3.8) is 0 Å². The van der Waals surface area contributed by atoms with E-state index in [1.807, 2.05) is 18.2 Å². The fraction of sp³-hybridized carbons (Fsp3) is 0.615. The number of rotatable bonds is 10. The molecule has 0 radical (unpaired) electrons. The minimum Gasteiger partial charge on any atom is -0.394 e. The lowest BCUT2D eigenvalue weighted by atomic mass is 10.3. The lowest BCUT2D eigenvalue weighted by molar-refractivity contribution is -0.413. The molecule has 2 unspecified atom stereocenters. The number of halogens is 1. The van der Waals surface area contributed by atoms with Crippen LogP contribution in [0.3, 0.4) is 0 Å². The highest BCUT2D eigenvalue weighted by Crippen LogP contribution is 1.99. The van der Waals surface area contributed by atoms with Crippen LogP contribution < -0.4 is 4.98 Å². The summed E-state index contributed by atoms with van der Waals surface area (Å²) in [4.78, 5) is 3.09. The summed E-state index contributed by atoms with van der Waals surface area (Å²) in [5.41, 5.74) is 1.61. The summed E-state index contributed by atoms with van der Waals surface area (Å²) in [6, 6.07) is 5.49. The maximum Gasteiger partial charge on any atom is 0.205 e. The molecule has 7 nitrogen and oxygen atoms in total. The van der Waals surface area contributed by atoms with Crippen LogP contribution in [0, 0.1) is 0 Å². The molecule has 5 N–H and O–H groups in total. The Bertz CT molecular complexity index is 350. The van der Waals surface area contributed by atoms with E-state index in [1.54, 1.807) is 0 Å². The predicted molar refractivity (Wildman–Crippen MR) is 75.7 cm³/mol. The summed E-state index contributed by atoms with van der Waals surface area (Å²) in [7, 11) is 0. The van der Waals surface area contributed by atoms with Crippen LogP contribution in [-0.2, 0) is 22.7 Å². The topological polar surface area (TPSA) is 114 Å². The molecule has 0 aromatic carbocycles. The van der Waals surface area contributed by atoms with Crippen molar-refractivity contribution in [2.24, 2.45) is 0 Å². The largest absolute Gasteiger partial charge is 0.394 e. The zero-order chi connectivity index (χ0) is 14.8. The second-order valence-electron chi connectivity index (χ2n) is 4.40. The monoisotopic (exact) mass is 324 g/mol. The van der Waals surface area contributed by atoms with Crippen molar-refractivity contribution in [3.8, 4) is 0 Å². The lowest BCUT2D eigenvalue weighted by Gasteiger charge is -2.07. The average molecular weight is 325 g/mol. The standard InChI is InChI=1S/C13H21NO6.ClH/c15-4-12(17)8-19-6-10-2-1-3-11(14-10)7-20-9-13(18)5-16;/h1-3,12-13,15-18H,4-9H2;1H/p+1. The Labute approximate surface area is 129 Å². The molecule has 2 atom stereocenters. The maximum atomic E-state index is 9.13. The van der Waals surface area contributed by atoms with E-state index in [2.05, 4.69) is 4.98 Å². The molecule has 0 bridgehead atoms. The van der Waals surface area contributed by atoms with Gasteiger partial charge in [-0.05, 0) is 6.07 Å². The van der Waals surface area contributed by atoms with Crippen LogP contribution in [0.15, 0.2) is 18.2 Å². The summed E-state index contributed by atoms with van der Waals surface area (Å²) in [6.07, 6.45) is -1.75. The van der Waals surface area contributed by atoms with E-state index in [1.165, 1.54) is 0 Å². The van der Waals surface area contributed by atoms with Gasteiger partial charge in [0.25, 0.3) is 0 Å². The fourth-order valence-electron chi connectivity index (χ4n) is 1.45. The molecule has 0 spiro atoms. The van der Waals surface area contributed by atoms with Gasteiger partial charge < -0.3 is 29.9 Å². The lowest BCUT2D eigenvalue weighted by Crippen LogP contribution is -2.24. The number of aromatic nitrogens is 1. The van der Waals surface area contributed by atoms with Crippen molar-refractivity contribution in [1.29, 1.82) is 0 Å². The third-order valence-electron chi connectivity index (χ3n) is 2.47. The normalized spacial score (nSPS) is 13.5. The number of aromatic amines is 1. The third kappa shape index (κ3) is 8.94. The Balaban J connectivity index is 0.00000400. The van der Waals surface area contributed by atoms with Gasteiger partial charge in [-0.3, -0.25) is 0 Å². The van der Waals surface area contributed by atoms with Gasteiger partial charge in [-0.1, -0.05) is 0 Å². The average Bonchev–Trinajstić information content (AvgIpc) is 2.47. The van der Waals surface area contributed by atoms with E-state index >= 15 is 0 Å². The maximum absolute atomic E-state index is 9.13. The first-order valence-corrected chi connectivity index (χ1v) is 6.39. The molecule has 0 aliphatic carbocycles. The number of nitrogens with one attached hydrogen (secondary N) is 1. The Morgan fingerprint density at radius 1 is 0.905 bits per heavy atom. The molecule has 122 valence electrons. The molecular formula is C13H23ClNO6+. The van der Waals surface area contributed by atoms with E-state index in [0.29, 0.717) is 0 Å². The van der Waals surface area contributed by atoms with E-state index in [-0.39, 0.29) is 52.0 Å². The molecule has 0 saturated heterocycles. The Kier molecular flexibility index (Phi) is 11.4. The Morgan fingerprint density at radius 2 is 1.33 bits per heavy atom. The van der Waals surface area contributed by atoms with Crippen molar-refractivity contribution >= 4 is 12.4 Å². The molecule has 1 aromatic heterocycles. The number of hydrogen-bond acceptors (Lipinski definition) is 6. The first-order chi connectivity index (χ1) is 9.65. The van der Waals surface area contributed by atoms with Gasteiger partial charge in [0.2, 0.25) is 11.4 Å². The van der Waals surface area contributed by atoms with E-state index in [0.717, 1.165) is 11.4 Å². The number of aliphatic hydroxyl groups excluding tert-OH is 4. The Morgan fingerprint density at radius 3 is 1.71 bits per heavy atom. The predicted octanol–water partition coefficient (Wildman–Crippen LogP) is -1.34. The first-order valence-electron chi connectivity index (χ1n) is 6.39. The van der Waals surface area contributed by atoms with Crippen molar-refractivity contribution in [1.82, 2.24) is 0 Å². The third-order valence-corrected chi connectivity index (χ3v) is 2.47. The molecule has 1 heterocycles. The van der Waals surface area contributed by atoms with Crippen molar-refractivity contribution in [3.05, 3.63) is 29.6 Å². The molecule has 0 aliphatic rings. The highest BCUT2D eigenvalue weighted by molar-refractivity contribution is 5.85. The number of hydrogen-bond donors (Lipinski definition) is 4. The molecule has 0 saturated carbocycles. The van der Waals surface area contributed by atoms with E-state index in [9.17, 15) is 0 Å². The van der Waals surface area contributed by atoms with Gasteiger partial charge in [0.05, 0.1) is 26.4 Å². The van der Waals surface area contributed by atoms with E-state index in [4.69, 9.17) is 29.9 Å². The molecule has 21 heavy (non-hydrogen) atoms. The minimum absolute atomic E-state index is 0. The van der Waals surface area contributed by atoms with Crippen LogP contribution in [0.4, 0.5) is 0 Å². The zero-order valence-electron chi connectivity index (χ0n) is 11.6.